The number of carbonyl (C=O) groups is 1. The van der Waals surface area contributed by atoms with E-state index in [1.54, 1.807) is 12.1 Å². The number of benzene rings is 1. The zero-order valence-corrected chi connectivity index (χ0v) is 25.3. The Morgan fingerprint density at radius 1 is 1.00 bits per heavy atom. The van der Waals surface area contributed by atoms with Crippen LogP contribution in [0.4, 0.5) is 0 Å². The van der Waals surface area contributed by atoms with Crippen LogP contribution in [0.2, 0.25) is 0 Å². The van der Waals surface area contributed by atoms with E-state index < -0.39 is 78.3 Å². The van der Waals surface area contributed by atoms with E-state index in [1.807, 2.05) is 0 Å². The predicted molar refractivity (Wildman–Crippen MR) is 109 cm³/mol. The zero-order chi connectivity index (χ0) is 27.2. The summed E-state index contributed by atoms with van der Waals surface area (Å²) in [6.45, 7) is -0.664. The summed E-state index contributed by atoms with van der Waals surface area (Å²) in [6.07, 6.45) is -13.4. The molecular weight excluding hydrogens is 562 g/mol. The predicted octanol–water partition coefficient (Wildman–Crippen LogP) is -10.7. The van der Waals surface area contributed by atoms with Gasteiger partial charge in [0.15, 0.2) is 6.29 Å². The maximum atomic E-state index is 11.1. The smallest absolute Gasteiger partial charge is 0.726 e. The molecule has 3 rings (SSSR count). The second kappa shape index (κ2) is 16.9. The molecule has 6 N–H and O–H groups in total. The summed E-state index contributed by atoms with van der Waals surface area (Å²) in [4.78, 5) is 11.1. The van der Waals surface area contributed by atoms with Crippen molar-refractivity contribution in [3.8, 4) is 11.5 Å². The average Bonchev–Trinajstić information content (AvgIpc) is 2.80. The number of methoxy groups -OCH3 is 1. The summed E-state index contributed by atoms with van der Waals surface area (Å²) in [6, 6.07) is 6.27. The van der Waals surface area contributed by atoms with Gasteiger partial charge >= 0.3 is 59.1 Å². The number of rotatable bonds is 7. The zero-order valence-electron chi connectivity index (χ0n) is 20.5. The molecule has 1 aromatic carbocycles. The molecule has 0 radical (unpaired) electrons. The number of carboxylic acids is 1. The second-order valence-electron chi connectivity index (χ2n) is 7.45. The minimum Gasteiger partial charge on any atom is -0.726 e. The third kappa shape index (κ3) is 11.4. The third-order valence-electron chi connectivity index (χ3n) is 4.94. The van der Waals surface area contributed by atoms with Crippen molar-refractivity contribution in [3.63, 3.8) is 0 Å². The Balaban J connectivity index is 0.00000179. The maximum Gasteiger partial charge on any atom is 1.00 e. The van der Waals surface area contributed by atoms with E-state index in [9.17, 15) is 35.4 Å². The summed E-state index contributed by atoms with van der Waals surface area (Å²) in [5.41, 5.74) is 0. The molecule has 9 unspecified atom stereocenters. The van der Waals surface area contributed by atoms with Crippen LogP contribution >= 0.6 is 0 Å². The first-order valence-corrected chi connectivity index (χ1v) is 11.5. The fourth-order valence-corrected chi connectivity index (χ4v) is 3.23. The van der Waals surface area contributed by atoms with Crippen LogP contribution in [0.1, 0.15) is 0 Å². The Labute approximate surface area is 261 Å². The minimum atomic E-state index is -4.92. The van der Waals surface area contributed by atoms with Crippen molar-refractivity contribution < 1.29 is 136 Å². The summed E-state index contributed by atoms with van der Waals surface area (Å²) >= 11 is 0. The van der Waals surface area contributed by atoms with Gasteiger partial charge in [-0.25, -0.2) is 8.42 Å². The topological polar surface area (TPSA) is 265 Å². The van der Waals surface area contributed by atoms with Crippen LogP contribution in [-0.2, 0) is 29.4 Å². The van der Waals surface area contributed by atoms with Gasteiger partial charge in [0.2, 0.25) is 16.7 Å². The first kappa shape index (κ1) is 37.8. The largest absolute Gasteiger partial charge is 1.00 e. The quantitative estimate of drug-likeness (QED) is 0.0748. The third-order valence-corrected chi connectivity index (χ3v) is 4.94. The number of hydrogen-bond acceptors (Lipinski definition) is 15. The Hall–Kier alpha value is -0.160. The number of ether oxygens (including phenoxy) is 5. The van der Waals surface area contributed by atoms with Gasteiger partial charge in [-0.3, -0.25) is 11.0 Å². The molecule has 2 heterocycles. The summed E-state index contributed by atoms with van der Waals surface area (Å²) in [7, 11) is -3.43. The summed E-state index contributed by atoms with van der Waals surface area (Å²) in [5, 5.41) is 61.6. The Morgan fingerprint density at radius 3 is 2.00 bits per heavy atom. The molecule has 9 atom stereocenters. The number of carbonyl (C=O) groups excluding carboxylic acids is 1. The fourth-order valence-electron chi connectivity index (χ4n) is 3.23. The van der Waals surface area contributed by atoms with Crippen LogP contribution in [0.25, 0.3) is 0 Å². The van der Waals surface area contributed by atoms with Crippen molar-refractivity contribution in [2.45, 2.75) is 55.3 Å². The van der Waals surface area contributed by atoms with Crippen molar-refractivity contribution in [2.24, 2.45) is 0 Å². The van der Waals surface area contributed by atoms with Gasteiger partial charge < -0.3 is 63.7 Å². The van der Waals surface area contributed by atoms with Crippen molar-refractivity contribution in [3.05, 3.63) is 30.7 Å². The van der Waals surface area contributed by atoms with E-state index >= 15 is 0 Å². The molecule has 0 aliphatic carbocycles. The standard InChI is InChI=1S/C19H25O12.2Na.H2O4S/c1-27-8-2-4-9(5-3-8)28-19-15(24)16(14(23)12(7-20)30-19)31-18-13(22)10(21)6-11(29-18)17(25)26;;;1-5(2,3)4/h2-6,10-16,18-24H,7H2,1H3,(H,25,26);;;(H2,1,2,3,4)/q-1;2*+1;/p-2. The van der Waals surface area contributed by atoms with Crippen LogP contribution in [0.15, 0.2) is 24.3 Å². The summed E-state index contributed by atoms with van der Waals surface area (Å²) < 4.78 is 59.3. The molecule has 0 bridgehead atoms. The second-order valence-corrected chi connectivity index (χ2v) is 8.30. The molecule has 0 spiro atoms. The molecule has 0 amide bonds. The van der Waals surface area contributed by atoms with Gasteiger partial charge in [0, 0.05) is 5.97 Å². The molecule has 1 aromatic rings. The van der Waals surface area contributed by atoms with Gasteiger partial charge in [-0.2, -0.15) is 0 Å². The number of carboxylic acid groups (broad SMARTS) is 1. The Kier molecular flexibility index (Phi) is 16.9. The Bertz CT molecular complexity index is 943. The van der Waals surface area contributed by atoms with Crippen LogP contribution in [0.3, 0.4) is 0 Å². The molecule has 206 valence electrons. The number of aliphatic hydroxyl groups is 5. The van der Waals surface area contributed by atoms with Crippen LogP contribution in [0, 0.1) is 6.42 Å². The number of aliphatic carboxylic acids is 1. The van der Waals surface area contributed by atoms with Gasteiger partial charge in [-0.15, -0.1) is 0 Å². The van der Waals surface area contributed by atoms with E-state index in [-0.39, 0.29) is 64.9 Å². The van der Waals surface area contributed by atoms with E-state index in [0.717, 1.165) is 6.42 Å². The van der Waals surface area contributed by atoms with E-state index in [4.69, 9.17) is 41.2 Å². The van der Waals surface area contributed by atoms with Crippen LogP contribution in [0.5, 0.6) is 11.5 Å². The van der Waals surface area contributed by atoms with Crippen molar-refractivity contribution in [2.75, 3.05) is 13.7 Å². The molecule has 2 aliphatic rings. The van der Waals surface area contributed by atoms with Gasteiger partial charge in [-0.05, 0) is 36.5 Å². The molecule has 19 heteroatoms. The average molecular weight is 587 g/mol. The molecular formula is C19H25Na2O16S-. The maximum absolute atomic E-state index is 11.1. The van der Waals surface area contributed by atoms with Gasteiger partial charge in [0.1, 0.15) is 42.0 Å². The number of aliphatic hydroxyl groups excluding tert-OH is 5. The molecule has 0 saturated carbocycles. The SMILES string of the molecule is COc1ccc(OC2OC(CO)C(O)C(OC3OC(C(=O)[O-])[CH-]C(O)C3O)C2O)cc1.O=S(=O)([O-])O.[Na+].[Na+]. The summed E-state index contributed by atoms with van der Waals surface area (Å²) in [5.74, 6) is -0.849. The first-order chi connectivity index (χ1) is 16.7. The van der Waals surface area contributed by atoms with Gasteiger partial charge in [0.05, 0.1) is 13.7 Å². The molecule has 2 saturated heterocycles. The molecule has 0 aromatic heterocycles. The van der Waals surface area contributed by atoms with E-state index in [2.05, 4.69) is 0 Å². The van der Waals surface area contributed by atoms with Crippen LogP contribution < -0.4 is 73.7 Å². The molecule has 16 nitrogen and oxygen atoms in total. The van der Waals surface area contributed by atoms with Gasteiger partial charge in [-0.1, -0.05) is 0 Å². The minimum absolute atomic E-state index is 0. The van der Waals surface area contributed by atoms with E-state index in [1.165, 1.54) is 19.2 Å². The van der Waals surface area contributed by atoms with Crippen molar-refractivity contribution >= 4 is 16.4 Å². The van der Waals surface area contributed by atoms with Gasteiger partial charge in [0.25, 0.3) is 0 Å². The molecule has 2 fully saturated rings. The van der Waals surface area contributed by atoms with Crippen molar-refractivity contribution in [1.82, 2.24) is 0 Å². The monoisotopic (exact) mass is 587 g/mol. The van der Waals surface area contributed by atoms with Crippen molar-refractivity contribution in [1.29, 1.82) is 0 Å². The normalized spacial score (nSPS) is 32.9. The Morgan fingerprint density at radius 2 is 1.53 bits per heavy atom. The number of hydrogen-bond donors (Lipinski definition) is 6. The fraction of sp³-hybridized carbons (Fsp3) is 0.579. The first-order valence-electron chi connectivity index (χ1n) is 10.1. The van der Waals surface area contributed by atoms with E-state index in [0.29, 0.717) is 5.75 Å². The van der Waals surface area contributed by atoms with Crippen LogP contribution in [-0.4, -0.2) is 118 Å². The molecule has 38 heavy (non-hydrogen) atoms. The molecule has 2 aliphatic heterocycles.